The lowest BCUT2D eigenvalue weighted by molar-refractivity contribution is -0.159. The van der Waals surface area contributed by atoms with Crippen LogP contribution in [-0.2, 0) is 14.3 Å². The third-order valence-corrected chi connectivity index (χ3v) is 6.88. The van der Waals surface area contributed by atoms with Gasteiger partial charge in [-0.05, 0) is 25.2 Å². The molecule has 4 nitrogen and oxygen atoms in total. The maximum absolute atomic E-state index is 12.2. The zero-order valence-electron chi connectivity index (χ0n) is 22.4. The summed E-state index contributed by atoms with van der Waals surface area (Å²) in [6, 6.07) is 0. The highest BCUT2D eigenvalue weighted by atomic mass is 16.5. The third-order valence-electron chi connectivity index (χ3n) is 6.88. The Kier molecular flexibility index (Phi) is 23.3. The average molecular weight is 469 g/mol. The SMILES string of the molecule is CCCCCCCCCCCCC(CCCCCCCCCC)COC(=O)C(CC)C(=O)O. The second-order valence-corrected chi connectivity index (χ2v) is 10.0. The minimum absolute atomic E-state index is 0.287. The molecule has 0 amide bonds. The number of unbranched alkanes of at least 4 members (excludes halogenated alkanes) is 16. The van der Waals surface area contributed by atoms with Crippen LogP contribution in [0.1, 0.15) is 156 Å². The Morgan fingerprint density at radius 2 is 0.970 bits per heavy atom. The Morgan fingerprint density at radius 1 is 0.606 bits per heavy atom. The summed E-state index contributed by atoms with van der Waals surface area (Å²) in [6.45, 7) is 6.62. The number of carboxylic acids is 1. The number of carboxylic acid groups (broad SMARTS) is 1. The summed E-state index contributed by atoms with van der Waals surface area (Å²) in [6.07, 6.45) is 26.1. The zero-order chi connectivity index (χ0) is 24.6. The van der Waals surface area contributed by atoms with E-state index < -0.39 is 17.9 Å². The van der Waals surface area contributed by atoms with Crippen LogP contribution in [-0.4, -0.2) is 23.7 Å². The van der Waals surface area contributed by atoms with Crippen LogP contribution in [0.2, 0.25) is 0 Å². The lowest BCUT2D eigenvalue weighted by atomic mass is 9.94. The maximum Gasteiger partial charge on any atom is 0.320 e. The van der Waals surface area contributed by atoms with Crippen molar-refractivity contribution in [2.45, 2.75) is 156 Å². The fraction of sp³-hybridized carbons (Fsp3) is 0.931. The van der Waals surface area contributed by atoms with Crippen LogP contribution >= 0.6 is 0 Å². The molecule has 0 aromatic rings. The highest BCUT2D eigenvalue weighted by Gasteiger charge is 2.26. The Labute approximate surface area is 205 Å². The van der Waals surface area contributed by atoms with E-state index in [9.17, 15) is 14.7 Å². The van der Waals surface area contributed by atoms with Crippen molar-refractivity contribution < 1.29 is 19.4 Å². The molecule has 196 valence electrons. The number of hydrogen-bond acceptors (Lipinski definition) is 3. The van der Waals surface area contributed by atoms with Gasteiger partial charge in [-0.25, -0.2) is 0 Å². The van der Waals surface area contributed by atoms with Gasteiger partial charge in [0.05, 0.1) is 6.61 Å². The van der Waals surface area contributed by atoms with Crippen molar-refractivity contribution in [3.05, 3.63) is 0 Å². The van der Waals surface area contributed by atoms with E-state index in [-0.39, 0.29) is 6.42 Å². The lowest BCUT2D eigenvalue weighted by Gasteiger charge is -2.18. The van der Waals surface area contributed by atoms with Crippen LogP contribution < -0.4 is 0 Å². The first-order valence-electron chi connectivity index (χ1n) is 14.5. The summed E-state index contributed by atoms with van der Waals surface area (Å²) in [5.74, 6) is -2.29. The van der Waals surface area contributed by atoms with Gasteiger partial charge in [0.15, 0.2) is 5.92 Å². The largest absolute Gasteiger partial charge is 0.481 e. The van der Waals surface area contributed by atoms with Crippen molar-refractivity contribution in [1.29, 1.82) is 0 Å². The second-order valence-electron chi connectivity index (χ2n) is 10.0. The van der Waals surface area contributed by atoms with Crippen LogP contribution in [0.4, 0.5) is 0 Å². The van der Waals surface area contributed by atoms with Crippen LogP contribution in [0.15, 0.2) is 0 Å². The summed E-state index contributed by atoms with van der Waals surface area (Å²) in [5, 5.41) is 9.19. The standard InChI is InChI=1S/C29H56O4/c1-4-7-9-11-13-15-16-18-20-22-24-26(23-21-19-17-14-12-10-8-5-2)25-33-29(32)27(6-3)28(30)31/h26-27H,4-25H2,1-3H3,(H,30,31). The highest BCUT2D eigenvalue weighted by molar-refractivity contribution is 5.93. The van der Waals surface area contributed by atoms with Crippen molar-refractivity contribution in [3.63, 3.8) is 0 Å². The lowest BCUT2D eigenvalue weighted by Crippen LogP contribution is -2.27. The molecular weight excluding hydrogens is 412 g/mol. The van der Waals surface area contributed by atoms with Crippen molar-refractivity contribution in [2.75, 3.05) is 6.61 Å². The van der Waals surface area contributed by atoms with E-state index in [0.717, 1.165) is 12.8 Å². The van der Waals surface area contributed by atoms with E-state index in [1.165, 1.54) is 116 Å². The number of hydrogen-bond donors (Lipinski definition) is 1. The number of rotatable bonds is 25. The predicted octanol–water partition coefficient (Wildman–Crippen LogP) is 9.10. The number of ether oxygens (including phenoxy) is 1. The summed E-state index contributed by atoms with van der Waals surface area (Å²) in [7, 11) is 0. The normalized spacial score (nSPS) is 13.1. The summed E-state index contributed by atoms with van der Waals surface area (Å²) in [5.41, 5.74) is 0. The van der Waals surface area contributed by atoms with E-state index in [1.807, 2.05) is 0 Å². The van der Waals surface area contributed by atoms with Gasteiger partial charge in [0.25, 0.3) is 0 Å². The topological polar surface area (TPSA) is 63.6 Å². The first kappa shape index (κ1) is 31.9. The van der Waals surface area contributed by atoms with Gasteiger partial charge in [0, 0.05) is 0 Å². The molecule has 1 N–H and O–H groups in total. The number of aliphatic carboxylic acids is 1. The van der Waals surface area contributed by atoms with Crippen LogP contribution in [0.25, 0.3) is 0 Å². The summed E-state index contributed by atoms with van der Waals surface area (Å²) >= 11 is 0. The molecule has 0 aliphatic rings. The van der Waals surface area contributed by atoms with Gasteiger partial charge in [-0.15, -0.1) is 0 Å². The van der Waals surface area contributed by atoms with E-state index >= 15 is 0 Å². The van der Waals surface area contributed by atoms with Crippen molar-refractivity contribution in [1.82, 2.24) is 0 Å². The van der Waals surface area contributed by atoms with Gasteiger partial charge in [-0.3, -0.25) is 9.59 Å². The summed E-state index contributed by atoms with van der Waals surface area (Å²) < 4.78 is 5.46. The maximum atomic E-state index is 12.2. The molecule has 2 atom stereocenters. The summed E-state index contributed by atoms with van der Waals surface area (Å²) in [4.78, 5) is 23.4. The Hall–Kier alpha value is -1.06. The van der Waals surface area contributed by atoms with Crippen LogP contribution in [0.5, 0.6) is 0 Å². The predicted molar refractivity (Wildman–Crippen MR) is 140 cm³/mol. The zero-order valence-corrected chi connectivity index (χ0v) is 22.4. The molecule has 33 heavy (non-hydrogen) atoms. The molecule has 0 radical (unpaired) electrons. The monoisotopic (exact) mass is 468 g/mol. The van der Waals surface area contributed by atoms with E-state index in [0.29, 0.717) is 12.5 Å². The molecule has 0 aromatic heterocycles. The molecule has 0 bridgehead atoms. The van der Waals surface area contributed by atoms with Gasteiger partial charge in [-0.1, -0.05) is 136 Å². The smallest absolute Gasteiger partial charge is 0.320 e. The van der Waals surface area contributed by atoms with Crippen molar-refractivity contribution in [3.8, 4) is 0 Å². The quantitative estimate of drug-likeness (QED) is 0.0824. The first-order valence-corrected chi connectivity index (χ1v) is 14.5. The molecule has 0 spiro atoms. The first-order chi connectivity index (χ1) is 16.1. The molecule has 4 heteroatoms. The van der Waals surface area contributed by atoms with Crippen LogP contribution in [0, 0.1) is 11.8 Å². The molecule has 2 unspecified atom stereocenters. The molecule has 0 aromatic carbocycles. The van der Waals surface area contributed by atoms with Gasteiger partial charge in [0.2, 0.25) is 0 Å². The molecule has 0 aliphatic carbocycles. The molecule has 0 saturated carbocycles. The molecule has 0 fully saturated rings. The fourth-order valence-electron chi connectivity index (χ4n) is 4.54. The van der Waals surface area contributed by atoms with Gasteiger partial charge in [-0.2, -0.15) is 0 Å². The van der Waals surface area contributed by atoms with E-state index in [4.69, 9.17) is 4.74 Å². The minimum Gasteiger partial charge on any atom is -0.481 e. The van der Waals surface area contributed by atoms with Gasteiger partial charge >= 0.3 is 11.9 Å². The minimum atomic E-state index is -1.07. The Morgan fingerprint density at radius 3 is 1.30 bits per heavy atom. The van der Waals surface area contributed by atoms with Crippen LogP contribution in [0.3, 0.4) is 0 Å². The van der Waals surface area contributed by atoms with Gasteiger partial charge in [0.1, 0.15) is 0 Å². The second kappa shape index (κ2) is 24.1. The Bertz CT molecular complexity index is 449. The number of carbonyl (C=O) groups is 2. The molecule has 0 saturated heterocycles. The molecular formula is C29H56O4. The fourth-order valence-corrected chi connectivity index (χ4v) is 4.54. The molecule has 0 aliphatic heterocycles. The number of carbonyl (C=O) groups excluding carboxylic acids is 1. The number of esters is 1. The third kappa shape index (κ3) is 20.1. The van der Waals surface area contributed by atoms with E-state index in [1.54, 1.807) is 6.92 Å². The molecule has 0 heterocycles. The van der Waals surface area contributed by atoms with E-state index in [2.05, 4.69) is 13.8 Å². The van der Waals surface area contributed by atoms with Crippen molar-refractivity contribution in [2.24, 2.45) is 11.8 Å². The van der Waals surface area contributed by atoms with Gasteiger partial charge < -0.3 is 9.84 Å². The average Bonchev–Trinajstić information content (AvgIpc) is 2.80. The highest BCUT2D eigenvalue weighted by Crippen LogP contribution is 2.21. The Balaban J connectivity index is 4.16. The van der Waals surface area contributed by atoms with Crippen molar-refractivity contribution >= 4 is 11.9 Å². The molecule has 0 rings (SSSR count).